The largest absolute Gasteiger partial charge is 0.353 e. The summed E-state index contributed by atoms with van der Waals surface area (Å²) in [5, 5.41) is 2.68. The van der Waals surface area contributed by atoms with Crippen LogP contribution in [0.2, 0.25) is 6.32 Å². The Hall–Kier alpha value is -1.25. The predicted octanol–water partition coefficient (Wildman–Crippen LogP) is 0.890. The minimum Gasteiger partial charge on any atom is -0.353 e. The highest BCUT2D eigenvalue weighted by molar-refractivity contribution is 6.19. The molecule has 0 bridgehead atoms. The van der Waals surface area contributed by atoms with Crippen molar-refractivity contribution in [3.05, 3.63) is 35.9 Å². The van der Waals surface area contributed by atoms with Gasteiger partial charge in [0.2, 0.25) is 5.91 Å². The molecule has 12 heavy (non-hydrogen) atoms. The van der Waals surface area contributed by atoms with E-state index in [1.165, 1.54) is 0 Å². The zero-order valence-electron chi connectivity index (χ0n) is 6.79. The molecule has 0 aliphatic heterocycles. The highest BCUT2D eigenvalue weighted by Crippen LogP contribution is 1.96. The fourth-order valence-electron chi connectivity index (χ4n) is 0.869. The standard InChI is InChI=1S/C9H10BNO/c10-6-9(12)11-7-8-4-2-1-3-5-8/h1-5H,6-7H2,(H,11,12). The maximum atomic E-state index is 10.7. The number of nitrogens with one attached hydrogen (secondary N) is 1. The molecule has 2 nitrogen and oxygen atoms in total. The molecule has 1 aromatic rings. The lowest BCUT2D eigenvalue weighted by molar-refractivity contribution is -0.119. The van der Waals surface area contributed by atoms with Crippen molar-refractivity contribution < 1.29 is 4.79 Å². The van der Waals surface area contributed by atoms with Gasteiger partial charge in [0.15, 0.2) is 0 Å². The first-order valence-corrected chi connectivity index (χ1v) is 3.83. The molecule has 0 aromatic heterocycles. The van der Waals surface area contributed by atoms with E-state index in [2.05, 4.69) is 5.32 Å². The Bertz CT molecular complexity index is 248. The molecule has 0 spiro atoms. The third kappa shape index (κ3) is 2.78. The van der Waals surface area contributed by atoms with Crippen molar-refractivity contribution in [3.63, 3.8) is 0 Å². The first-order chi connectivity index (χ1) is 5.83. The summed E-state index contributed by atoms with van der Waals surface area (Å²) in [7, 11) is 5.12. The van der Waals surface area contributed by atoms with Crippen LogP contribution < -0.4 is 5.32 Å². The van der Waals surface area contributed by atoms with Gasteiger partial charge in [-0.15, -0.1) is 0 Å². The molecule has 0 saturated heterocycles. The van der Waals surface area contributed by atoms with Gasteiger partial charge in [-0.2, -0.15) is 0 Å². The van der Waals surface area contributed by atoms with Crippen LogP contribution in [0.1, 0.15) is 5.56 Å². The molecular formula is C9H10BNO. The van der Waals surface area contributed by atoms with Gasteiger partial charge in [-0.05, 0) is 11.9 Å². The number of carbonyl (C=O) groups excluding carboxylic acids is 1. The summed E-state index contributed by atoms with van der Waals surface area (Å²) >= 11 is 0. The Morgan fingerprint density at radius 2 is 2.00 bits per heavy atom. The minimum absolute atomic E-state index is 0.0484. The first kappa shape index (κ1) is 8.85. The highest BCUT2D eigenvalue weighted by Gasteiger charge is 1.95. The summed E-state index contributed by atoms with van der Waals surface area (Å²) in [6.45, 7) is 0.552. The molecule has 1 N–H and O–H groups in total. The SMILES string of the molecule is [B]CC(=O)NCc1ccccc1. The molecule has 0 atom stereocenters. The average molecular weight is 159 g/mol. The smallest absolute Gasteiger partial charge is 0.211 e. The second kappa shape index (κ2) is 4.60. The second-order valence-corrected chi connectivity index (χ2v) is 2.47. The summed E-state index contributed by atoms with van der Waals surface area (Å²) in [5.41, 5.74) is 1.08. The minimum atomic E-state index is -0.126. The third-order valence-electron chi connectivity index (χ3n) is 1.52. The fraction of sp³-hybridized carbons (Fsp3) is 0.222. The number of hydrogen-bond donors (Lipinski definition) is 1. The molecule has 2 radical (unpaired) electrons. The molecular weight excluding hydrogens is 149 g/mol. The van der Waals surface area contributed by atoms with E-state index in [0.29, 0.717) is 6.54 Å². The number of carbonyl (C=O) groups is 1. The molecule has 1 amide bonds. The Balaban J connectivity index is 2.38. The van der Waals surface area contributed by atoms with Crippen molar-refractivity contribution in [2.75, 3.05) is 0 Å². The average Bonchev–Trinajstić information content (AvgIpc) is 2.16. The quantitative estimate of drug-likeness (QED) is 0.652. The van der Waals surface area contributed by atoms with Gasteiger partial charge in [0.1, 0.15) is 0 Å². The van der Waals surface area contributed by atoms with E-state index < -0.39 is 0 Å². The van der Waals surface area contributed by atoms with Crippen LogP contribution >= 0.6 is 0 Å². The lowest BCUT2D eigenvalue weighted by Gasteiger charge is -2.02. The third-order valence-corrected chi connectivity index (χ3v) is 1.52. The van der Waals surface area contributed by atoms with E-state index in [1.54, 1.807) is 0 Å². The van der Waals surface area contributed by atoms with Crippen molar-refractivity contribution in [2.24, 2.45) is 0 Å². The molecule has 0 unspecified atom stereocenters. The highest BCUT2D eigenvalue weighted by atomic mass is 16.1. The van der Waals surface area contributed by atoms with Crippen molar-refractivity contribution >= 4 is 13.8 Å². The zero-order valence-corrected chi connectivity index (χ0v) is 6.79. The van der Waals surface area contributed by atoms with E-state index in [0.717, 1.165) is 5.56 Å². The van der Waals surface area contributed by atoms with Crippen LogP contribution in [0.3, 0.4) is 0 Å². The number of hydrogen-bond acceptors (Lipinski definition) is 1. The maximum absolute atomic E-state index is 10.7. The lowest BCUT2D eigenvalue weighted by Crippen LogP contribution is -2.21. The molecule has 0 aliphatic rings. The van der Waals surface area contributed by atoms with Gasteiger partial charge in [0, 0.05) is 6.54 Å². The van der Waals surface area contributed by atoms with Crippen LogP contribution in [0.15, 0.2) is 30.3 Å². The van der Waals surface area contributed by atoms with Gasteiger partial charge < -0.3 is 5.32 Å². The lowest BCUT2D eigenvalue weighted by atomic mass is 10.1. The Morgan fingerprint density at radius 3 is 2.58 bits per heavy atom. The normalized spacial score (nSPS) is 9.33. The van der Waals surface area contributed by atoms with E-state index in [4.69, 9.17) is 7.85 Å². The van der Waals surface area contributed by atoms with Crippen LogP contribution in [-0.2, 0) is 11.3 Å². The van der Waals surface area contributed by atoms with E-state index in [9.17, 15) is 4.79 Å². The summed E-state index contributed by atoms with van der Waals surface area (Å²) in [6, 6.07) is 9.72. The number of benzene rings is 1. The Labute approximate surface area is 73.4 Å². The molecule has 1 rings (SSSR count). The summed E-state index contributed by atoms with van der Waals surface area (Å²) < 4.78 is 0. The van der Waals surface area contributed by atoms with E-state index in [1.807, 2.05) is 30.3 Å². The van der Waals surface area contributed by atoms with Gasteiger partial charge >= 0.3 is 0 Å². The number of amides is 1. The molecule has 1 aromatic carbocycles. The van der Waals surface area contributed by atoms with Gasteiger partial charge in [0.05, 0.1) is 7.85 Å². The van der Waals surface area contributed by atoms with Crippen molar-refractivity contribution in [1.29, 1.82) is 0 Å². The van der Waals surface area contributed by atoms with Crippen LogP contribution in [-0.4, -0.2) is 13.8 Å². The molecule has 0 aliphatic carbocycles. The van der Waals surface area contributed by atoms with Crippen LogP contribution in [0.4, 0.5) is 0 Å². The van der Waals surface area contributed by atoms with Gasteiger partial charge in [-0.1, -0.05) is 30.3 Å². The molecule has 3 heteroatoms. The zero-order chi connectivity index (χ0) is 8.81. The van der Waals surface area contributed by atoms with E-state index >= 15 is 0 Å². The summed E-state index contributed by atoms with van der Waals surface area (Å²) in [4.78, 5) is 10.7. The van der Waals surface area contributed by atoms with Crippen molar-refractivity contribution in [2.45, 2.75) is 12.9 Å². The van der Waals surface area contributed by atoms with Crippen LogP contribution in [0, 0.1) is 0 Å². The fourth-order valence-corrected chi connectivity index (χ4v) is 0.869. The molecule has 0 fully saturated rings. The van der Waals surface area contributed by atoms with Crippen molar-refractivity contribution in [1.82, 2.24) is 5.32 Å². The molecule has 0 heterocycles. The summed E-state index contributed by atoms with van der Waals surface area (Å²) in [6.07, 6.45) is 0.0484. The van der Waals surface area contributed by atoms with Gasteiger partial charge in [-0.25, -0.2) is 0 Å². The first-order valence-electron chi connectivity index (χ1n) is 3.83. The topological polar surface area (TPSA) is 29.1 Å². The van der Waals surface area contributed by atoms with Gasteiger partial charge in [0.25, 0.3) is 0 Å². The van der Waals surface area contributed by atoms with Gasteiger partial charge in [-0.3, -0.25) is 4.79 Å². The molecule has 0 saturated carbocycles. The second-order valence-electron chi connectivity index (χ2n) is 2.47. The maximum Gasteiger partial charge on any atom is 0.211 e. The number of rotatable bonds is 3. The van der Waals surface area contributed by atoms with Crippen molar-refractivity contribution in [3.8, 4) is 0 Å². The Kier molecular flexibility index (Phi) is 3.39. The van der Waals surface area contributed by atoms with Crippen LogP contribution in [0.25, 0.3) is 0 Å². The molecule has 60 valence electrons. The Morgan fingerprint density at radius 1 is 1.33 bits per heavy atom. The van der Waals surface area contributed by atoms with Crippen LogP contribution in [0.5, 0.6) is 0 Å². The summed E-state index contributed by atoms with van der Waals surface area (Å²) in [5.74, 6) is -0.126. The van der Waals surface area contributed by atoms with E-state index in [-0.39, 0.29) is 12.2 Å². The monoisotopic (exact) mass is 159 g/mol. The predicted molar refractivity (Wildman–Crippen MR) is 48.8 cm³/mol.